The summed E-state index contributed by atoms with van der Waals surface area (Å²) >= 11 is 12.0. The van der Waals surface area contributed by atoms with Gasteiger partial charge in [-0.2, -0.15) is 0 Å². The van der Waals surface area contributed by atoms with E-state index in [-0.39, 0.29) is 17.5 Å². The molecule has 5 rings (SSSR count). The predicted octanol–water partition coefficient (Wildman–Crippen LogP) is 5.73. The Hall–Kier alpha value is -2.54. The number of nitrogens with zero attached hydrogens (tertiary/aromatic N) is 1. The summed E-state index contributed by atoms with van der Waals surface area (Å²) in [7, 11) is 0. The minimum absolute atomic E-state index is 0.0462. The number of carbonyl (C=O) groups is 1. The lowest BCUT2D eigenvalue weighted by atomic mass is 9.84. The van der Waals surface area contributed by atoms with Crippen molar-refractivity contribution in [2.24, 2.45) is 5.92 Å². The number of piperidine rings is 1. The third-order valence-corrected chi connectivity index (χ3v) is 8.44. The molecule has 6 nitrogen and oxygen atoms in total. The van der Waals surface area contributed by atoms with Gasteiger partial charge in [0.15, 0.2) is 0 Å². The summed E-state index contributed by atoms with van der Waals surface area (Å²) in [5.74, 6) is 1.10. The summed E-state index contributed by atoms with van der Waals surface area (Å²) in [6.07, 6.45) is 12.0. The fourth-order valence-electron chi connectivity index (χ4n) is 5.69. The Kier molecular flexibility index (Phi) is 7.85. The van der Waals surface area contributed by atoms with Crippen molar-refractivity contribution >= 4 is 46.2 Å². The highest BCUT2D eigenvalue weighted by Gasteiger charge is 2.27. The van der Waals surface area contributed by atoms with Crippen molar-refractivity contribution in [3.05, 3.63) is 74.1 Å². The van der Waals surface area contributed by atoms with Crippen molar-refractivity contribution in [2.75, 3.05) is 19.6 Å². The molecule has 1 aromatic carbocycles. The van der Waals surface area contributed by atoms with Crippen LogP contribution >= 0.6 is 23.2 Å². The average molecular weight is 527 g/mol. The zero-order chi connectivity index (χ0) is 25.1. The van der Waals surface area contributed by atoms with Crippen molar-refractivity contribution in [1.29, 1.82) is 0 Å². The number of pyridine rings is 1. The maximum Gasteiger partial charge on any atom is 0.248 e. The van der Waals surface area contributed by atoms with Crippen LogP contribution in [-0.4, -0.2) is 46.5 Å². The van der Waals surface area contributed by atoms with Crippen molar-refractivity contribution in [3.63, 3.8) is 0 Å². The Morgan fingerprint density at radius 3 is 2.56 bits per heavy atom. The number of fused-ring (bicyclic) bond motifs is 1. The van der Waals surface area contributed by atoms with Gasteiger partial charge in [0.05, 0.1) is 21.1 Å². The van der Waals surface area contributed by atoms with Crippen LogP contribution in [0.5, 0.6) is 0 Å². The molecule has 1 aliphatic heterocycles. The first-order chi connectivity index (χ1) is 17.4. The van der Waals surface area contributed by atoms with E-state index >= 15 is 0 Å². The summed E-state index contributed by atoms with van der Waals surface area (Å²) in [5, 5.41) is 4.14. The Balaban J connectivity index is 1.05. The van der Waals surface area contributed by atoms with Crippen LogP contribution in [0, 0.1) is 5.92 Å². The summed E-state index contributed by atoms with van der Waals surface area (Å²) in [6, 6.07) is 8.99. The number of likely N-dealkylation sites (tertiary alicyclic amines) is 1. The third-order valence-electron chi connectivity index (χ3n) is 7.70. The molecule has 190 valence electrons. The highest BCUT2D eigenvalue weighted by atomic mass is 35.5. The van der Waals surface area contributed by atoms with Crippen LogP contribution in [0.2, 0.25) is 10.0 Å². The average Bonchev–Trinajstić information content (AvgIpc) is 3.29. The molecule has 3 aromatic rings. The number of carbonyl (C=O) groups excluding carboxylic acids is 1. The van der Waals surface area contributed by atoms with Gasteiger partial charge >= 0.3 is 0 Å². The van der Waals surface area contributed by atoms with Crippen LogP contribution in [0.4, 0.5) is 0 Å². The third kappa shape index (κ3) is 6.05. The van der Waals surface area contributed by atoms with Crippen LogP contribution in [-0.2, 0) is 4.79 Å². The number of aromatic amines is 2. The minimum atomic E-state index is -0.0646. The maximum atomic E-state index is 12.4. The molecule has 0 spiro atoms. The summed E-state index contributed by atoms with van der Waals surface area (Å²) < 4.78 is 0. The Bertz CT molecular complexity index is 1300. The number of H-pyrrole nitrogens is 2. The van der Waals surface area contributed by atoms with Crippen LogP contribution < -0.4 is 10.9 Å². The molecule has 3 heterocycles. The molecule has 0 atom stereocenters. The largest absolute Gasteiger partial charge is 0.360 e. The lowest BCUT2D eigenvalue weighted by molar-refractivity contribution is -0.117. The van der Waals surface area contributed by atoms with Crippen molar-refractivity contribution in [2.45, 2.75) is 50.5 Å². The van der Waals surface area contributed by atoms with Gasteiger partial charge < -0.3 is 20.2 Å². The van der Waals surface area contributed by atoms with E-state index in [4.69, 9.17) is 23.2 Å². The lowest BCUT2D eigenvalue weighted by Crippen LogP contribution is -2.41. The number of halogens is 2. The predicted molar refractivity (Wildman–Crippen MR) is 147 cm³/mol. The monoisotopic (exact) mass is 526 g/mol. The molecule has 0 unspecified atom stereocenters. The Morgan fingerprint density at radius 2 is 1.81 bits per heavy atom. The second-order valence-corrected chi connectivity index (χ2v) is 11.0. The fraction of sp³-hybridized carbons (Fsp3) is 0.429. The molecule has 2 aromatic heterocycles. The molecule has 2 fully saturated rings. The van der Waals surface area contributed by atoms with Gasteiger partial charge in [0, 0.05) is 30.9 Å². The van der Waals surface area contributed by atoms with E-state index < -0.39 is 0 Å². The van der Waals surface area contributed by atoms with E-state index in [1.807, 2.05) is 12.1 Å². The summed E-state index contributed by atoms with van der Waals surface area (Å²) in [5.41, 5.74) is 4.01. The van der Waals surface area contributed by atoms with Crippen molar-refractivity contribution < 1.29 is 4.79 Å². The fourth-order valence-corrected chi connectivity index (χ4v) is 6.00. The number of rotatable bonds is 6. The molecule has 8 heteroatoms. The van der Waals surface area contributed by atoms with Crippen molar-refractivity contribution in [1.82, 2.24) is 20.2 Å². The van der Waals surface area contributed by atoms with Gasteiger partial charge in [0.25, 0.3) is 0 Å². The van der Waals surface area contributed by atoms with Crippen LogP contribution in [0.3, 0.4) is 0 Å². The van der Waals surface area contributed by atoms with Gasteiger partial charge in [-0.1, -0.05) is 29.3 Å². The quantitative estimate of drug-likeness (QED) is 0.358. The molecular formula is C28H32Cl2N4O2. The molecule has 0 radical (unpaired) electrons. The first-order valence-electron chi connectivity index (χ1n) is 12.8. The highest BCUT2D eigenvalue weighted by Crippen LogP contribution is 2.33. The van der Waals surface area contributed by atoms with Gasteiger partial charge in [-0.05, 0) is 98.9 Å². The Labute approximate surface area is 221 Å². The molecule has 2 aliphatic rings. The zero-order valence-corrected chi connectivity index (χ0v) is 21.7. The van der Waals surface area contributed by atoms with Crippen molar-refractivity contribution in [3.8, 4) is 0 Å². The molecule has 36 heavy (non-hydrogen) atoms. The zero-order valence-electron chi connectivity index (χ0n) is 20.2. The number of nitrogens with one attached hydrogen (secondary N) is 3. The standard InChI is InChI=1S/C28H32Cl2N4O2/c29-23-7-3-18(15-24(23)30)4-9-26(35)32-21-5-1-19(2-6-21)17-34-13-11-20(12-14-34)22-16-31-25-8-10-27(36)33-28(22)25/h3-4,7-10,15-16,19-21,31H,1-2,5-6,11-14,17H2,(H,32,35)(H,33,36). The number of aromatic nitrogens is 2. The van der Waals surface area contributed by atoms with Gasteiger partial charge in [-0.15, -0.1) is 0 Å². The second-order valence-electron chi connectivity index (χ2n) is 10.2. The molecule has 0 bridgehead atoms. The van der Waals surface area contributed by atoms with E-state index in [9.17, 15) is 9.59 Å². The number of hydrogen-bond acceptors (Lipinski definition) is 3. The molecule has 1 saturated heterocycles. The minimum Gasteiger partial charge on any atom is -0.360 e. The first kappa shape index (κ1) is 25.1. The molecule has 1 saturated carbocycles. The highest BCUT2D eigenvalue weighted by molar-refractivity contribution is 6.42. The van der Waals surface area contributed by atoms with Crippen LogP contribution in [0.1, 0.15) is 55.6 Å². The topological polar surface area (TPSA) is 81.0 Å². The number of benzene rings is 1. The summed E-state index contributed by atoms with van der Waals surface area (Å²) in [6.45, 7) is 3.31. The van der Waals surface area contributed by atoms with E-state index in [0.29, 0.717) is 21.9 Å². The summed E-state index contributed by atoms with van der Waals surface area (Å²) in [4.78, 5) is 33.0. The van der Waals surface area contributed by atoms with Gasteiger partial charge in [0.2, 0.25) is 11.5 Å². The van der Waals surface area contributed by atoms with E-state index in [1.165, 1.54) is 5.56 Å². The number of amides is 1. The maximum absolute atomic E-state index is 12.4. The van der Waals surface area contributed by atoms with E-state index in [2.05, 4.69) is 26.4 Å². The van der Waals surface area contributed by atoms with Crippen LogP contribution in [0.25, 0.3) is 17.1 Å². The van der Waals surface area contributed by atoms with Gasteiger partial charge in [-0.25, -0.2) is 0 Å². The van der Waals surface area contributed by atoms with Crippen LogP contribution in [0.15, 0.2) is 47.4 Å². The smallest absolute Gasteiger partial charge is 0.248 e. The molecule has 3 N–H and O–H groups in total. The van der Waals surface area contributed by atoms with Gasteiger partial charge in [0.1, 0.15) is 0 Å². The SMILES string of the molecule is O=C(C=Cc1ccc(Cl)c(Cl)c1)NC1CCC(CN2CCC(c3c[nH]c4ccc(=O)[nH]c34)CC2)CC1. The molecular weight excluding hydrogens is 495 g/mol. The van der Waals surface area contributed by atoms with E-state index in [0.717, 1.165) is 74.8 Å². The lowest BCUT2D eigenvalue weighted by Gasteiger charge is -2.36. The normalized spacial score (nSPS) is 21.8. The van der Waals surface area contributed by atoms with E-state index in [1.54, 1.807) is 30.4 Å². The second kappa shape index (κ2) is 11.2. The Morgan fingerprint density at radius 1 is 1.03 bits per heavy atom. The molecule has 1 amide bonds. The van der Waals surface area contributed by atoms with Gasteiger partial charge in [-0.3, -0.25) is 9.59 Å². The molecule has 1 aliphatic carbocycles. The first-order valence-corrected chi connectivity index (χ1v) is 13.6. The number of hydrogen-bond donors (Lipinski definition) is 3.